The molecule has 5 heterocycles. The summed E-state index contributed by atoms with van der Waals surface area (Å²) in [7, 11) is 0. The van der Waals surface area contributed by atoms with Crippen LogP contribution in [0.15, 0.2) is 127 Å². The Hall–Kier alpha value is -6.04. The molecule has 10 aromatic rings. The van der Waals surface area contributed by atoms with Gasteiger partial charge in [-0.1, -0.05) is 128 Å². The number of nitrogens with zero attached hydrogens (tertiary/aromatic N) is 3. The number of rotatable bonds is 2. The van der Waals surface area contributed by atoms with Crippen molar-refractivity contribution in [2.45, 2.75) is 92.3 Å². The van der Waals surface area contributed by atoms with Gasteiger partial charge in [0.15, 0.2) is 0 Å². The Bertz CT molecular complexity index is 3810. The minimum absolute atomic E-state index is 0.0687. The smallest absolute Gasteiger partial charge is 0.264 e. The highest BCUT2D eigenvalue weighted by molar-refractivity contribution is 7.33. The molecule has 5 heteroatoms. The molecular formula is C58H54BN3S. The highest BCUT2D eigenvalue weighted by Gasteiger charge is 2.44. The summed E-state index contributed by atoms with van der Waals surface area (Å²) in [5.41, 5.74) is 16.1. The summed E-state index contributed by atoms with van der Waals surface area (Å²) in [6, 6.07) is 44.8. The van der Waals surface area contributed by atoms with Crippen LogP contribution in [0.5, 0.6) is 0 Å². The van der Waals surface area contributed by atoms with E-state index < -0.39 is 13.7 Å². The van der Waals surface area contributed by atoms with E-state index in [4.69, 9.17) is 8.22 Å². The normalized spacial score (nSPS) is 15.7. The maximum atomic E-state index is 8.45. The number of aromatic nitrogens is 2. The van der Waals surface area contributed by atoms with Crippen molar-refractivity contribution in [1.29, 1.82) is 0 Å². The summed E-state index contributed by atoms with van der Waals surface area (Å²) >= 11 is 1.73. The van der Waals surface area contributed by atoms with Gasteiger partial charge in [0.2, 0.25) is 0 Å². The fraction of sp³-hybridized carbons (Fsp3) is 0.241. The van der Waals surface area contributed by atoms with Crippen molar-refractivity contribution in [1.82, 2.24) is 9.13 Å². The Balaban J connectivity index is 1.25. The number of anilines is 3. The fourth-order valence-corrected chi connectivity index (χ4v) is 12.1. The van der Waals surface area contributed by atoms with Crippen LogP contribution in [0.25, 0.3) is 65.1 Å². The Labute approximate surface area is 384 Å². The van der Waals surface area contributed by atoms with E-state index in [2.05, 4.69) is 161 Å². The first-order valence-electron chi connectivity index (χ1n) is 25.2. The van der Waals surface area contributed by atoms with E-state index in [1.165, 1.54) is 65.7 Å². The second kappa shape index (κ2) is 12.8. The van der Waals surface area contributed by atoms with Gasteiger partial charge in [-0.05, 0) is 130 Å². The molecule has 3 nitrogen and oxygen atoms in total. The van der Waals surface area contributed by atoms with Crippen LogP contribution < -0.4 is 20.6 Å². The Morgan fingerprint density at radius 1 is 0.524 bits per heavy atom. The predicted octanol–water partition coefficient (Wildman–Crippen LogP) is 14.2. The summed E-state index contributed by atoms with van der Waals surface area (Å²) in [4.78, 5) is 2.26. The molecule has 0 bridgehead atoms. The van der Waals surface area contributed by atoms with Crippen LogP contribution in [-0.2, 0) is 16.2 Å². The van der Waals surface area contributed by atoms with Crippen molar-refractivity contribution in [2.24, 2.45) is 0 Å². The molecular weight excluding hydrogens is 782 g/mol. The van der Waals surface area contributed by atoms with E-state index in [1.54, 1.807) is 29.5 Å². The lowest BCUT2D eigenvalue weighted by Gasteiger charge is -2.39. The molecule has 0 aliphatic carbocycles. The van der Waals surface area contributed by atoms with Crippen molar-refractivity contribution >= 4 is 105 Å². The second-order valence-electron chi connectivity index (χ2n) is 21.1. The van der Waals surface area contributed by atoms with Gasteiger partial charge in [0, 0.05) is 72.9 Å². The van der Waals surface area contributed by atoms with E-state index in [9.17, 15) is 0 Å². The van der Waals surface area contributed by atoms with Crippen LogP contribution in [0.4, 0.5) is 17.1 Å². The number of para-hydroxylation sites is 1. The van der Waals surface area contributed by atoms with Gasteiger partial charge in [0.05, 0.1) is 22.2 Å². The third-order valence-electron chi connectivity index (χ3n) is 13.9. The maximum Gasteiger partial charge on any atom is 0.264 e. The molecule has 63 heavy (non-hydrogen) atoms. The second-order valence-corrected chi connectivity index (χ2v) is 22.2. The molecule has 7 aromatic carbocycles. The first-order valence-corrected chi connectivity index (χ1v) is 23.0. The molecule has 12 rings (SSSR count). The van der Waals surface area contributed by atoms with E-state index in [1.807, 2.05) is 24.3 Å². The third-order valence-corrected chi connectivity index (χ3v) is 15.1. The molecule has 0 unspecified atom stereocenters. The maximum absolute atomic E-state index is 8.45. The van der Waals surface area contributed by atoms with Gasteiger partial charge >= 0.3 is 0 Å². The highest BCUT2D eigenvalue weighted by atomic mass is 32.1. The summed E-state index contributed by atoms with van der Waals surface area (Å²) in [6.07, 6.45) is 0. The summed E-state index contributed by atoms with van der Waals surface area (Å²) in [5.74, 6) is 0. The van der Waals surface area contributed by atoms with Crippen molar-refractivity contribution in [2.75, 3.05) is 4.90 Å². The van der Waals surface area contributed by atoms with Gasteiger partial charge in [-0.15, -0.1) is 11.3 Å². The van der Waals surface area contributed by atoms with E-state index in [-0.39, 0.29) is 34.1 Å². The third kappa shape index (κ3) is 5.45. The largest absolute Gasteiger partial charge is 0.310 e. The van der Waals surface area contributed by atoms with Crippen LogP contribution in [0, 0.1) is 13.7 Å². The van der Waals surface area contributed by atoms with Crippen molar-refractivity contribution in [3.8, 4) is 11.4 Å². The molecule has 0 saturated heterocycles. The van der Waals surface area contributed by atoms with E-state index in [0.29, 0.717) is 0 Å². The fourth-order valence-electron chi connectivity index (χ4n) is 10.8. The van der Waals surface area contributed by atoms with Crippen LogP contribution >= 0.6 is 11.3 Å². The Morgan fingerprint density at radius 2 is 1.21 bits per heavy atom. The van der Waals surface area contributed by atoms with Crippen LogP contribution in [0.3, 0.4) is 0 Å². The first kappa shape index (κ1) is 32.6. The zero-order valence-electron chi connectivity index (χ0n) is 43.5. The minimum atomic E-state index is -2.30. The summed E-state index contributed by atoms with van der Waals surface area (Å²) in [5, 5.41) is 5.74. The number of hydrogen-bond acceptors (Lipinski definition) is 2. The molecule has 0 N–H and O–H groups in total. The lowest BCUT2D eigenvalue weighted by Crippen LogP contribution is -2.59. The van der Waals surface area contributed by atoms with Crippen LogP contribution in [-0.4, -0.2) is 15.8 Å². The number of thiophene rings is 1. The molecule has 310 valence electrons. The molecule has 0 atom stereocenters. The lowest BCUT2D eigenvalue weighted by molar-refractivity contribution is 0.573. The molecule has 3 aromatic heterocycles. The van der Waals surface area contributed by atoms with Gasteiger partial charge < -0.3 is 14.0 Å². The van der Waals surface area contributed by atoms with E-state index in [0.717, 1.165) is 48.8 Å². The average Bonchev–Trinajstić information content (AvgIpc) is 3.93. The quantitative estimate of drug-likeness (QED) is 0.158. The number of hydrogen-bond donors (Lipinski definition) is 0. The molecule has 0 amide bonds. The van der Waals surface area contributed by atoms with E-state index >= 15 is 0 Å². The molecule has 0 saturated carbocycles. The zero-order valence-corrected chi connectivity index (χ0v) is 38.3. The van der Waals surface area contributed by atoms with Gasteiger partial charge in [-0.25, -0.2) is 0 Å². The molecule has 2 aliphatic heterocycles. The lowest BCUT2D eigenvalue weighted by atomic mass is 9.36. The Kier molecular flexibility index (Phi) is 6.62. The van der Waals surface area contributed by atoms with Crippen molar-refractivity contribution in [3.05, 3.63) is 155 Å². The summed E-state index contributed by atoms with van der Waals surface area (Å²) < 4.78 is 57.1. The van der Waals surface area contributed by atoms with Crippen LogP contribution in [0.1, 0.15) is 98.4 Å². The number of benzene rings is 7. The minimum Gasteiger partial charge on any atom is -0.310 e. The summed E-state index contributed by atoms with van der Waals surface area (Å²) in [6.45, 7) is 16.1. The van der Waals surface area contributed by atoms with Gasteiger partial charge in [0.25, 0.3) is 6.71 Å². The highest BCUT2D eigenvalue weighted by Crippen LogP contribution is 2.49. The molecule has 2 aliphatic rings. The van der Waals surface area contributed by atoms with Gasteiger partial charge in [-0.2, -0.15) is 0 Å². The standard InChI is InChI=1S/C58H54BN3S/c1-33-20-23-38(24-21-33)61-45-18-15-19-46-52(45)59(55-54(61)42-26-34(2)22-25-50(42)63-55)44-29-35(56(3,4)5)27-40-39-31-48-41(32-47(39)62(46)53(40)44)51-43(58(9,10)11)28-36(57(6,7)8)30-49(51)60(48)37-16-13-12-14-17-37/h12-32H,1-11H3/i1D3,2D3. The SMILES string of the molecule is [2H]C([2H])([2H])c1ccc(N2c3cccc4c3B(c3sc5ccc(C([2H])([2H])[2H])cc5c32)c2cc(C(C)(C)C)cc3c5cc6c(cc5n-4c23)c2c(C(C)(C)C)cc(C(C)(C)C)cc2n6-c2ccccc2)cc1. The Morgan fingerprint density at radius 3 is 1.92 bits per heavy atom. The molecule has 0 radical (unpaired) electrons. The number of aryl methyl sites for hydroxylation is 2. The van der Waals surface area contributed by atoms with Gasteiger partial charge in [0.1, 0.15) is 0 Å². The monoisotopic (exact) mass is 841 g/mol. The first-order chi connectivity index (χ1) is 32.4. The predicted molar refractivity (Wildman–Crippen MR) is 275 cm³/mol. The zero-order chi connectivity index (χ0) is 48.6. The topological polar surface area (TPSA) is 13.1 Å². The van der Waals surface area contributed by atoms with Crippen LogP contribution in [0.2, 0.25) is 0 Å². The molecule has 0 spiro atoms. The van der Waals surface area contributed by atoms with Gasteiger partial charge in [-0.3, -0.25) is 0 Å². The number of fused-ring (bicyclic) bond motifs is 12. The average molecular weight is 842 g/mol. The van der Waals surface area contributed by atoms with Crippen molar-refractivity contribution in [3.63, 3.8) is 0 Å². The van der Waals surface area contributed by atoms with Crippen molar-refractivity contribution < 1.29 is 8.22 Å². The molecule has 0 fully saturated rings.